The molecule has 30 heavy (non-hydrogen) atoms. The smallest absolute Gasteiger partial charge is 0.412 e. The van der Waals surface area contributed by atoms with Gasteiger partial charge in [-0.05, 0) is 51.7 Å². The topological polar surface area (TPSA) is 93.7 Å². The number of hydrogen-bond donors (Lipinski definition) is 2. The van der Waals surface area contributed by atoms with E-state index < -0.39 is 17.8 Å². The standard InChI is InChI=1S/C23H36N2O5/c1-6-9-17(10-7-2)16-25-21(27)29-19-12-8-11-18(15-19)20(26)13-14-24-22(28)30-23(3,4)5/h8,11-12,15,17H,6-7,9-10,13-14,16H2,1-5H3,(H,24,28)(H,25,27). The molecule has 0 bridgehead atoms. The molecular formula is C23H36N2O5. The van der Waals surface area contributed by atoms with E-state index in [9.17, 15) is 14.4 Å². The zero-order chi connectivity index (χ0) is 22.6. The monoisotopic (exact) mass is 420 g/mol. The van der Waals surface area contributed by atoms with Crippen LogP contribution in [0.25, 0.3) is 0 Å². The molecular weight excluding hydrogens is 384 g/mol. The van der Waals surface area contributed by atoms with Crippen molar-refractivity contribution in [1.29, 1.82) is 0 Å². The molecule has 0 fully saturated rings. The molecule has 1 aromatic carbocycles. The first-order valence-electron chi connectivity index (χ1n) is 10.7. The second kappa shape index (κ2) is 12.9. The van der Waals surface area contributed by atoms with E-state index in [1.54, 1.807) is 39.0 Å². The summed E-state index contributed by atoms with van der Waals surface area (Å²) in [4.78, 5) is 36.1. The Morgan fingerprint density at radius 3 is 2.27 bits per heavy atom. The van der Waals surface area contributed by atoms with Crippen LogP contribution in [0.1, 0.15) is 77.1 Å². The van der Waals surface area contributed by atoms with Crippen LogP contribution >= 0.6 is 0 Å². The third-order valence-electron chi connectivity index (χ3n) is 4.32. The molecule has 2 N–H and O–H groups in total. The first kappa shape index (κ1) is 25.5. The van der Waals surface area contributed by atoms with Crippen LogP contribution in [0.15, 0.2) is 24.3 Å². The summed E-state index contributed by atoms with van der Waals surface area (Å²) in [6, 6.07) is 6.48. The number of rotatable bonds is 11. The third-order valence-corrected chi connectivity index (χ3v) is 4.32. The number of ether oxygens (including phenoxy) is 2. The molecule has 0 radical (unpaired) electrons. The highest BCUT2D eigenvalue weighted by Crippen LogP contribution is 2.16. The molecule has 0 atom stereocenters. The molecule has 0 aliphatic carbocycles. The summed E-state index contributed by atoms with van der Waals surface area (Å²) in [5.41, 5.74) is -0.172. The van der Waals surface area contributed by atoms with Gasteiger partial charge in [-0.3, -0.25) is 4.79 Å². The minimum Gasteiger partial charge on any atom is -0.444 e. The maximum absolute atomic E-state index is 12.4. The van der Waals surface area contributed by atoms with Crippen LogP contribution < -0.4 is 15.4 Å². The third kappa shape index (κ3) is 10.8. The number of benzene rings is 1. The van der Waals surface area contributed by atoms with Crippen molar-refractivity contribution in [1.82, 2.24) is 10.6 Å². The maximum atomic E-state index is 12.4. The molecule has 0 saturated heterocycles. The number of amides is 2. The minimum atomic E-state index is -0.590. The Balaban J connectivity index is 2.50. The second-order valence-corrected chi connectivity index (χ2v) is 8.34. The SMILES string of the molecule is CCCC(CCC)CNC(=O)Oc1cccc(C(=O)CCNC(=O)OC(C)(C)C)c1. The lowest BCUT2D eigenvalue weighted by Crippen LogP contribution is -2.33. The molecule has 7 heteroatoms. The van der Waals surface area contributed by atoms with Crippen molar-refractivity contribution in [2.75, 3.05) is 13.1 Å². The fourth-order valence-corrected chi connectivity index (χ4v) is 3.01. The van der Waals surface area contributed by atoms with E-state index in [1.807, 2.05) is 0 Å². The van der Waals surface area contributed by atoms with E-state index in [0.717, 1.165) is 25.7 Å². The van der Waals surface area contributed by atoms with Gasteiger partial charge >= 0.3 is 12.2 Å². The van der Waals surface area contributed by atoms with Gasteiger partial charge in [0.1, 0.15) is 11.4 Å². The Hall–Kier alpha value is -2.57. The first-order valence-corrected chi connectivity index (χ1v) is 10.7. The van der Waals surface area contributed by atoms with Gasteiger partial charge in [0, 0.05) is 25.1 Å². The van der Waals surface area contributed by atoms with Gasteiger partial charge in [-0.15, -0.1) is 0 Å². The number of hydrogen-bond acceptors (Lipinski definition) is 5. The van der Waals surface area contributed by atoms with Gasteiger partial charge in [-0.1, -0.05) is 38.8 Å². The number of nitrogens with one attached hydrogen (secondary N) is 2. The normalized spacial score (nSPS) is 11.1. The van der Waals surface area contributed by atoms with E-state index in [4.69, 9.17) is 9.47 Å². The summed E-state index contributed by atoms with van der Waals surface area (Å²) in [6.07, 6.45) is 3.31. The molecule has 168 valence electrons. The Morgan fingerprint density at radius 1 is 1.00 bits per heavy atom. The lowest BCUT2D eigenvalue weighted by atomic mass is 9.98. The average Bonchev–Trinajstić information content (AvgIpc) is 2.65. The van der Waals surface area contributed by atoms with Crippen LogP contribution in [0.3, 0.4) is 0 Å². The van der Waals surface area contributed by atoms with Gasteiger partial charge in [0.15, 0.2) is 5.78 Å². The average molecular weight is 421 g/mol. The summed E-state index contributed by atoms with van der Waals surface area (Å²) in [5.74, 6) is 0.585. The van der Waals surface area contributed by atoms with Crippen LogP contribution in [-0.2, 0) is 4.74 Å². The highest BCUT2D eigenvalue weighted by Gasteiger charge is 2.16. The van der Waals surface area contributed by atoms with Crippen LogP contribution in [0.4, 0.5) is 9.59 Å². The van der Waals surface area contributed by atoms with Crippen molar-refractivity contribution in [3.63, 3.8) is 0 Å². The van der Waals surface area contributed by atoms with Crippen LogP contribution in [-0.4, -0.2) is 36.7 Å². The van der Waals surface area contributed by atoms with Gasteiger partial charge in [0.2, 0.25) is 0 Å². The van der Waals surface area contributed by atoms with Crippen molar-refractivity contribution in [3.8, 4) is 5.75 Å². The van der Waals surface area contributed by atoms with Gasteiger partial charge < -0.3 is 20.1 Å². The summed E-state index contributed by atoms with van der Waals surface area (Å²) >= 11 is 0. The minimum absolute atomic E-state index is 0.116. The van der Waals surface area contributed by atoms with Crippen LogP contribution in [0.2, 0.25) is 0 Å². The molecule has 0 saturated carbocycles. The van der Waals surface area contributed by atoms with Crippen molar-refractivity contribution < 1.29 is 23.9 Å². The summed E-state index contributed by atoms with van der Waals surface area (Å²) in [7, 11) is 0. The van der Waals surface area contributed by atoms with Gasteiger partial charge in [0.25, 0.3) is 0 Å². The summed E-state index contributed by atoms with van der Waals surface area (Å²) in [5, 5.41) is 5.36. The number of ketones is 1. The fourth-order valence-electron chi connectivity index (χ4n) is 3.01. The van der Waals surface area contributed by atoms with Crippen LogP contribution in [0, 0.1) is 5.92 Å². The molecule has 2 amide bonds. The van der Waals surface area contributed by atoms with Crippen molar-refractivity contribution in [2.45, 2.75) is 72.3 Å². The lowest BCUT2D eigenvalue weighted by Gasteiger charge is -2.19. The molecule has 0 aliphatic rings. The predicted octanol–water partition coefficient (Wildman–Crippen LogP) is 5.09. The molecule has 1 aromatic rings. The number of Topliss-reactive ketones (excluding diaryl/α,β-unsaturated/α-hetero) is 1. The molecule has 1 rings (SSSR count). The Labute approximate surface area is 179 Å². The summed E-state index contributed by atoms with van der Waals surface area (Å²) in [6.45, 7) is 10.3. The fraction of sp³-hybridized carbons (Fsp3) is 0.609. The highest BCUT2D eigenvalue weighted by atomic mass is 16.6. The molecule has 0 aromatic heterocycles. The highest BCUT2D eigenvalue weighted by molar-refractivity contribution is 5.96. The molecule has 0 spiro atoms. The lowest BCUT2D eigenvalue weighted by molar-refractivity contribution is 0.0527. The van der Waals surface area contributed by atoms with Crippen molar-refractivity contribution >= 4 is 18.0 Å². The van der Waals surface area contributed by atoms with Gasteiger partial charge in [-0.25, -0.2) is 9.59 Å². The zero-order valence-electron chi connectivity index (χ0n) is 18.9. The number of carbonyl (C=O) groups excluding carboxylic acids is 3. The second-order valence-electron chi connectivity index (χ2n) is 8.34. The quantitative estimate of drug-likeness (QED) is 0.486. The van der Waals surface area contributed by atoms with E-state index in [-0.39, 0.29) is 18.7 Å². The first-order chi connectivity index (χ1) is 14.1. The summed E-state index contributed by atoms with van der Waals surface area (Å²) < 4.78 is 10.4. The van der Waals surface area contributed by atoms with Crippen LogP contribution in [0.5, 0.6) is 5.75 Å². The maximum Gasteiger partial charge on any atom is 0.412 e. The largest absolute Gasteiger partial charge is 0.444 e. The van der Waals surface area contributed by atoms with E-state index in [1.165, 1.54) is 6.07 Å². The van der Waals surface area contributed by atoms with Crippen molar-refractivity contribution in [2.24, 2.45) is 5.92 Å². The molecule has 7 nitrogen and oxygen atoms in total. The molecule has 0 unspecified atom stereocenters. The van der Waals surface area contributed by atoms with E-state index >= 15 is 0 Å². The predicted molar refractivity (Wildman–Crippen MR) is 117 cm³/mol. The zero-order valence-corrected chi connectivity index (χ0v) is 18.9. The van der Waals surface area contributed by atoms with Gasteiger partial charge in [0.05, 0.1) is 0 Å². The number of alkyl carbamates (subject to hydrolysis) is 1. The van der Waals surface area contributed by atoms with E-state index in [0.29, 0.717) is 23.8 Å². The Bertz CT molecular complexity index is 691. The molecule has 0 heterocycles. The Kier molecular flexibility index (Phi) is 10.9. The van der Waals surface area contributed by atoms with Crippen molar-refractivity contribution in [3.05, 3.63) is 29.8 Å². The number of carbonyl (C=O) groups is 3. The van der Waals surface area contributed by atoms with Gasteiger partial charge in [-0.2, -0.15) is 0 Å². The van der Waals surface area contributed by atoms with E-state index in [2.05, 4.69) is 24.5 Å². The Morgan fingerprint density at radius 2 is 1.67 bits per heavy atom. The molecule has 0 aliphatic heterocycles.